The second-order valence-corrected chi connectivity index (χ2v) is 2.89. The van der Waals surface area contributed by atoms with Gasteiger partial charge in [-0.05, 0) is 0 Å². The topological polar surface area (TPSA) is 30.7 Å². The molecule has 70 valence electrons. The summed E-state index contributed by atoms with van der Waals surface area (Å²) >= 11 is 0. The second kappa shape index (κ2) is 5.53. The number of carbonyl (C=O) groups excluding carboxylic acids is 1. The van der Waals surface area contributed by atoms with E-state index < -0.39 is 0 Å². The summed E-state index contributed by atoms with van der Waals surface area (Å²) in [6.45, 7) is 1.91. The van der Waals surface area contributed by atoms with Crippen LogP contribution >= 0.6 is 0 Å². The third-order valence-corrected chi connectivity index (χ3v) is 1.90. The van der Waals surface area contributed by atoms with E-state index in [1.54, 1.807) is 0 Å². The highest BCUT2D eigenvalue weighted by Gasteiger charge is 2.17. The van der Waals surface area contributed by atoms with E-state index in [9.17, 15) is 4.79 Å². The Morgan fingerprint density at radius 3 is 2.83 bits per heavy atom. The van der Waals surface area contributed by atoms with Crippen molar-refractivity contribution < 1.29 is 38.4 Å². The summed E-state index contributed by atoms with van der Waals surface area (Å²) in [5.41, 5.74) is 0.816. The maximum absolute atomic E-state index is 11.0. The molecule has 0 aliphatic carbocycles. The maximum Gasteiger partial charge on any atom is 0.339 e. The molecule has 1 rings (SSSR count). The van der Waals surface area contributed by atoms with Gasteiger partial charge < -0.3 is 33.6 Å². The number of hydrogen-bond donors (Lipinski definition) is 1. The molecular weight excluding hydrogens is 269 g/mol. The summed E-state index contributed by atoms with van der Waals surface area (Å²) in [6.07, 6.45) is 2.95. The quantitative estimate of drug-likeness (QED) is 0.393. The molecule has 0 aromatic heterocycles. The zero-order valence-electron chi connectivity index (χ0n) is 7.39. The minimum atomic E-state index is -0.177. The number of likely N-dealkylation sites (N-methyl/N-ethyl adjacent to an activating group) is 1. The monoisotopic (exact) mass is 283 g/mol. The minimum Gasteiger partial charge on any atom is -1.00 e. The van der Waals surface area contributed by atoms with Gasteiger partial charge in [0.1, 0.15) is 6.54 Å². The van der Waals surface area contributed by atoms with Crippen molar-refractivity contribution in [1.29, 1.82) is 0 Å². The Bertz CT molecular complexity index is 191. The van der Waals surface area contributed by atoms with Crippen molar-refractivity contribution in [2.45, 2.75) is 6.42 Å². The van der Waals surface area contributed by atoms with E-state index in [1.165, 1.54) is 12.0 Å². The standard InChI is InChI=1S/C8H13NO2.HI/c1-9-5-3-4-7(6-9)8(10)11-2;/h4H,3,5-6H2,1-2H3;1H. The molecule has 0 radical (unpaired) electrons. The first-order valence-corrected chi connectivity index (χ1v) is 3.82. The Labute approximate surface area is 89.8 Å². The van der Waals surface area contributed by atoms with Crippen molar-refractivity contribution in [3.05, 3.63) is 11.6 Å². The highest BCUT2D eigenvalue weighted by atomic mass is 127. The van der Waals surface area contributed by atoms with Gasteiger partial charge in [-0.1, -0.05) is 6.08 Å². The van der Waals surface area contributed by atoms with E-state index in [0.717, 1.165) is 25.1 Å². The first-order chi connectivity index (χ1) is 5.24. The maximum atomic E-state index is 11.0. The van der Waals surface area contributed by atoms with Crippen molar-refractivity contribution >= 4 is 5.97 Å². The van der Waals surface area contributed by atoms with Crippen molar-refractivity contribution in [2.24, 2.45) is 0 Å². The first-order valence-electron chi connectivity index (χ1n) is 3.82. The molecule has 0 saturated carbocycles. The Balaban J connectivity index is 0.00000121. The van der Waals surface area contributed by atoms with Crippen molar-refractivity contribution in [3.63, 3.8) is 0 Å². The summed E-state index contributed by atoms with van der Waals surface area (Å²) in [4.78, 5) is 12.4. The van der Waals surface area contributed by atoms with Gasteiger partial charge in [0.05, 0.1) is 26.3 Å². The van der Waals surface area contributed by atoms with Crippen LogP contribution in [0.5, 0.6) is 0 Å². The molecule has 0 fully saturated rings. The van der Waals surface area contributed by atoms with Crippen LogP contribution in [-0.4, -0.2) is 33.2 Å². The lowest BCUT2D eigenvalue weighted by Gasteiger charge is -2.18. The molecule has 0 spiro atoms. The Morgan fingerprint density at radius 1 is 1.67 bits per heavy atom. The number of carbonyl (C=O) groups is 1. The van der Waals surface area contributed by atoms with Crippen LogP contribution in [0.4, 0.5) is 0 Å². The molecule has 0 saturated heterocycles. The fraction of sp³-hybridized carbons (Fsp3) is 0.625. The molecule has 1 heterocycles. The van der Waals surface area contributed by atoms with Gasteiger partial charge in [0, 0.05) is 6.42 Å². The summed E-state index contributed by atoms with van der Waals surface area (Å²) in [5.74, 6) is -0.177. The fourth-order valence-corrected chi connectivity index (χ4v) is 1.27. The molecule has 12 heavy (non-hydrogen) atoms. The van der Waals surface area contributed by atoms with Crippen molar-refractivity contribution in [1.82, 2.24) is 0 Å². The number of quaternary nitrogens is 1. The number of ether oxygens (including phenoxy) is 1. The van der Waals surface area contributed by atoms with Gasteiger partial charge in [0.15, 0.2) is 0 Å². The van der Waals surface area contributed by atoms with Crippen LogP contribution in [-0.2, 0) is 9.53 Å². The van der Waals surface area contributed by atoms with Gasteiger partial charge in [-0.15, -0.1) is 0 Å². The van der Waals surface area contributed by atoms with E-state index in [-0.39, 0.29) is 29.9 Å². The van der Waals surface area contributed by atoms with Crippen molar-refractivity contribution in [3.8, 4) is 0 Å². The van der Waals surface area contributed by atoms with E-state index in [4.69, 9.17) is 0 Å². The summed E-state index contributed by atoms with van der Waals surface area (Å²) in [5, 5.41) is 0. The molecule has 4 heteroatoms. The van der Waals surface area contributed by atoms with Gasteiger partial charge in [-0.2, -0.15) is 0 Å². The van der Waals surface area contributed by atoms with Gasteiger partial charge in [-0.3, -0.25) is 0 Å². The average Bonchev–Trinajstić information content (AvgIpc) is 2.03. The van der Waals surface area contributed by atoms with Crippen LogP contribution in [0.15, 0.2) is 11.6 Å². The Hall–Kier alpha value is -0.100. The number of hydrogen-bond acceptors (Lipinski definition) is 2. The van der Waals surface area contributed by atoms with Gasteiger partial charge in [0.2, 0.25) is 0 Å². The van der Waals surface area contributed by atoms with Crippen LogP contribution in [0.25, 0.3) is 0 Å². The molecule has 1 aliphatic heterocycles. The van der Waals surface area contributed by atoms with E-state index >= 15 is 0 Å². The molecule has 0 amide bonds. The van der Waals surface area contributed by atoms with Crippen LogP contribution in [0.3, 0.4) is 0 Å². The lowest BCUT2D eigenvalue weighted by molar-refractivity contribution is -0.875. The zero-order valence-corrected chi connectivity index (χ0v) is 9.55. The zero-order chi connectivity index (χ0) is 8.27. The third-order valence-electron chi connectivity index (χ3n) is 1.90. The fourth-order valence-electron chi connectivity index (χ4n) is 1.27. The normalized spacial score (nSPS) is 22.2. The van der Waals surface area contributed by atoms with Crippen molar-refractivity contribution in [2.75, 3.05) is 27.2 Å². The summed E-state index contributed by atoms with van der Waals surface area (Å²) in [6, 6.07) is 0. The molecular formula is C8H14INO2. The smallest absolute Gasteiger partial charge is 0.339 e. The van der Waals surface area contributed by atoms with E-state index in [0.29, 0.717) is 0 Å². The molecule has 1 atom stereocenters. The van der Waals surface area contributed by atoms with Crippen LogP contribution in [0, 0.1) is 0 Å². The van der Waals surface area contributed by atoms with E-state index in [2.05, 4.69) is 11.8 Å². The predicted octanol–water partition coefficient (Wildman–Crippen LogP) is -3.99. The lowest BCUT2D eigenvalue weighted by Crippen LogP contribution is -3.09. The first kappa shape index (κ1) is 11.9. The van der Waals surface area contributed by atoms with Gasteiger partial charge >= 0.3 is 5.97 Å². The van der Waals surface area contributed by atoms with E-state index in [1.807, 2.05) is 6.08 Å². The highest BCUT2D eigenvalue weighted by Crippen LogP contribution is 1.99. The molecule has 1 aliphatic rings. The number of esters is 1. The highest BCUT2D eigenvalue weighted by molar-refractivity contribution is 5.88. The molecule has 0 aromatic carbocycles. The SMILES string of the molecule is COC(=O)C1=CCC[NH+](C)C1.[I-]. The molecule has 1 N–H and O–H groups in total. The molecule has 1 unspecified atom stereocenters. The molecule has 0 aromatic rings. The summed E-state index contributed by atoms with van der Waals surface area (Å²) < 4.78 is 4.62. The number of rotatable bonds is 1. The molecule has 0 bridgehead atoms. The minimum absolute atomic E-state index is 0. The molecule has 3 nitrogen and oxygen atoms in total. The van der Waals surface area contributed by atoms with Crippen LogP contribution < -0.4 is 28.9 Å². The van der Waals surface area contributed by atoms with Crippen LogP contribution in [0.2, 0.25) is 0 Å². The Kier molecular flexibility index (Phi) is 5.48. The largest absolute Gasteiger partial charge is 1.00 e. The second-order valence-electron chi connectivity index (χ2n) is 2.89. The average molecular weight is 283 g/mol. The third kappa shape index (κ3) is 3.10. The van der Waals surface area contributed by atoms with Crippen LogP contribution in [0.1, 0.15) is 6.42 Å². The lowest BCUT2D eigenvalue weighted by atomic mass is 10.1. The Morgan fingerprint density at radius 2 is 2.33 bits per heavy atom. The predicted molar refractivity (Wildman–Crippen MR) is 41.3 cm³/mol. The summed E-state index contributed by atoms with van der Waals surface area (Å²) in [7, 11) is 3.50. The number of methoxy groups -OCH3 is 1. The van der Waals surface area contributed by atoms with Gasteiger partial charge in [-0.25, -0.2) is 4.79 Å². The van der Waals surface area contributed by atoms with Gasteiger partial charge in [0.25, 0.3) is 0 Å². The number of halogens is 1. The number of nitrogens with one attached hydrogen (secondary N) is 1.